The molecule has 1 unspecified atom stereocenters. The number of aliphatic hydroxyl groups excluding tert-OH is 1. The van der Waals surface area contributed by atoms with E-state index in [9.17, 15) is 13.5 Å². The van der Waals surface area contributed by atoms with Gasteiger partial charge in [0.05, 0.1) is 17.5 Å². The molecular weight excluding hydrogens is 468 g/mol. The van der Waals surface area contributed by atoms with Crippen LogP contribution in [0.5, 0.6) is 0 Å². The van der Waals surface area contributed by atoms with Crippen LogP contribution < -0.4 is 10.2 Å². The maximum Gasteiger partial charge on any atom is 0.294 e. The lowest BCUT2D eigenvalue weighted by Gasteiger charge is -2.33. The van der Waals surface area contributed by atoms with Crippen LogP contribution in [0.25, 0.3) is 0 Å². The summed E-state index contributed by atoms with van der Waals surface area (Å²) in [6.45, 7) is 10.5. The molecule has 10 heteroatoms. The molecule has 3 aromatic rings. The molecule has 1 aliphatic rings. The summed E-state index contributed by atoms with van der Waals surface area (Å²) in [5.41, 5.74) is 5.16. The van der Waals surface area contributed by atoms with Crippen molar-refractivity contribution in [3.63, 3.8) is 0 Å². The number of hydrogen-bond donors (Lipinski definition) is 3. The number of aliphatic hydroxyl groups is 1. The number of nitrogens with one attached hydrogen (secondary N) is 1. The van der Waals surface area contributed by atoms with E-state index in [2.05, 4.69) is 65.3 Å². The second-order valence-corrected chi connectivity index (χ2v) is 10.5. The summed E-state index contributed by atoms with van der Waals surface area (Å²) in [5.74, 6) is 0.700. The van der Waals surface area contributed by atoms with Gasteiger partial charge >= 0.3 is 0 Å². The number of hydrogen-bond acceptors (Lipinski definition) is 8. The molecule has 1 aromatic heterocycles. The van der Waals surface area contributed by atoms with Crippen LogP contribution >= 0.6 is 0 Å². The molecule has 35 heavy (non-hydrogen) atoms. The third-order valence-corrected chi connectivity index (χ3v) is 6.68. The monoisotopic (exact) mass is 502 g/mol. The SMILES string of the molecule is CCc1ccc(NCC(C)C)cc1.Cc1nonc1CN1CCC(O)c2cc(S(=O)(=O)O)ccc21. The van der Waals surface area contributed by atoms with Crippen molar-refractivity contribution in [2.75, 3.05) is 23.3 Å². The second-order valence-electron chi connectivity index (χ2n) is 9.04. The third kappa shape index (κ3) is 7.27. The second kappa shape index (κ2) is 11.7. The summed E-state index contributed by atoms with van der Waals surface area (Å²) < 4.78 is 36.3. The quantitative estimate of drug-likeness (QED) is 0.403. The Morgan fingerprint density at radius 1 is 1.17 bits per heavy atom. The van der Waals surface area contributed by atoms with Gasteiger partial charge in [0.25, 0.3) is 10.1 Å². The van der Waals surface area contributed by atoms with Crippen LogP contribution in [0.15, 0.2) is 52.0 Å². The van der Waals surface area contributed by atoms with Crippen LogP contribution in [-0.2, 0) is 23.1 Å². The van der Waals surface area contributed by atoms with Crippen LogP contribution in [0.4, 0.5) is 11.4 Å². The highest BCUT2D eigenvalue weighted by Crippen LogP contribution is 2.36. The molecule has 2 heterocycles. The summed E-state index contributed by atoms with van der Waals surface area (Å²) in [6, 6.07) is 12.9. The highest BCUT2D eigenvalue weighted by Gasteiger charge is 2.26. The molecule has 1 aliphatic heterocycles. The van der Waals surface area contributed by atoms with Gasteiger partial charge in [0.2, 0.25) is 0 Å². The van der Waals surface area contributed by atoms with Gasteiger partial charge in [-0.25, -0.2) is 4.63 Å². The van der Waals surface area contributed by atoms with Crippen LogP contribution in [0.1, 0.15) is 55.8 Å². The fourth-order valence-electron chi connectivity index (χ4n) is 3.72. The molecular formula is C25H34N4O5S. The Balaban J connectivity index is 0.000000225. The highest BCUT2D eigenvalue weighted by molar-refractivity contribution is 7.85. The van der Waals surface area contributed by atoms with Crippen LogP contribution in [0.3, 0.4) is 0 Å². The molecule has 0 bridgehead atoms. The normalized spacial score (nSPS) is 15.4. The molecule has 4 rings (SSSR count). The van der Waals surface area contributed by atoms with E-state index in [0.717, 1.165) is 13.0 Å². The first kappa shape index (κ1) is 26.7. The first-order valence-corrected chi connectivity index (χ1v) is 13.2. The first-order valence-electron chi connectivity index (χ1n) is 11.7. The van der Waals surface area contributed by atoms with Gasteiger partial charge in [-0.2, -0.15) is 8.42 Å². The van der Waals surface area contributed by atoms with E-state index in [-0.39, 0.29) is 4.90 Å². The molecule has 1 atom stereocenters. The van der Waals surface area contributed by atoms with E-state index in [1.165, 1.54) is 23.4 Å². The predicted molar refractivity (Wildman–Crippen MR) is 135 cm³/mol. The van der Waals surface area contributed by atoms with Gasteiger partial charge < -0.3 is 15.3 Å². The number of rotatable bonds is 7. The largest absolute Gasteiger partial charge is 0.388 e. The van der Waals surface area contributed by atoms with Crippen molar-refractivity contribution in [1.29, 1.82) is 0 Å². The summed E-state index contributed by atoms with van der Waals surface area (Å²) in [4.78, 5) is 1.73. The number of aromatic nitrogens is 2. The number of fused-ring (bicyclic) bond motifs is 1. The zero-order chi connectivity index (χ0) is 25.6. The van der Waals surface area contributed by atoms with Gasteiger partial charge in [-0.3, -0.25) is 4.55 Å². The summed E-state index contributed by atoms with van der Waals surface area (Å²) in [5, 5.41) is 21.1. The zero-order valence-electron chi connectivity index (χ0n) is 20.6. The molecule has 0 saturated carbocycles. The molecule has 0 fully saturated rings. The molecule has 0 aliphatic carbocycles. The Bertz CT molecular complexity index is 1210. The van der Waals surface area contributed by atoms with E-state index in [0.29, 0.717) is 48.1 Å². The molecule has 0 amide bonds. The summed E-state index contributed by atoms with van der Waals surface area (Å²) >= 11 is 0. The van der Waals surface area contributed by atoms with E-state index in [1.807, 2.05) is 4.90 Å². The number of nitrogens with zero attached hydrogens (tertiary/aromatic N) is 3. The van der Waals surface area contributed by atoms with Gasteiger partial charge in [0, 0.05) is 30.0 Å². The Morgan fingerprint density at radius 3 is 2.46 bits per heavy atom. The van der Waals surface area contributed by atoms with E-state index < -0.39 is 16.2 Å². The van der Waals surface area contributed by atoms with Gasteiger partial charge in [0.15, 0.2) is 0 Å². The maximum absolute atomic E-state index is 11.2. The molecule has 2 aromatic carbocycles. The lowest BCUT2D eigenvalue weighted by molar-refractivity contribution is 0.163. The van der Waals surface area contributed by atoms with Crippen molar-refractivity contribution < 1.29 is 22.7 Å². The minimum absolute atomic E-state index is 0.230. The molecule has 0 spiro atoms. The van der Waals surface area contributed by atoms with Gasteiger partial charge in [0.1, 0.15) is 11.4 Å². The standard InChI is InChI=1S/C13H15N3O5S.C12H19N/c1-8-11(15-21-14-8)7-16-5-4-13(17)10-6-9(22(18,19)20)2-3-12(10)16;1-4-11-5-7-12(8-6-11)13-9-10(2)3/h2-3,6,13,17H,4-5,7H2,1H3,(H,18,19,20);5-8,10,13H,4,9H2,1-3H3. The van der Waals surface area contributed by atoms with Crippen LogP contribution in [0.2, 0.25) is 0 Å². The predicted octanol–water partition coefficient (Wildman–Crippen LogP) is 4.39. The maximum atomic E-state index is 11.2. The Labute approximate surface area is 206 Å². The molecule has 9 nitrogen and oxygen atoms in total. The summed E-state index contributed by atoms with van der Waals surface area (Å²) in [6.07, 6.45) is 0.793. The number of benzene rings is 2. The molecule has 0 saturated heterocycles. The van der Waals surface area contributed by atoms with E-state index in [4.69, 9.17) is 4.55 Å². The number of aryl methyl sites for hydroxylation is 2. The van der Waals surface area contributed by atoms with Gasteiger partial charge in [-0.1, -0.05) is 43.2 Å². The Morgan fingerprint density at radius 2 is 1.89 bits per heavy atom. The van der Waals surface area contributed by atoms with Crippen molar-refractivity contribution in [1.82, 2.24) is 10.3 Å². The number of anilines is 2. The lowest BCUT2D eigenvalue weighted by Crippen LogP contribution is -2.31. The highest BCUT2D eigenvalue weighted by atomic mass is 32.2. The van der Waals surface area contributed by atoms with Crippen LogP contribution in [-0.4, -0.2) is 41.5 Å². The Hall–Kier alpha value is -2.95. The van der Waals surface area contributed by atoms with Gasteiger partial charge in [-0.05, 0) is 61.6 Å². The minimum Gasteiger partial charge on any atom is -0.388 e. The molecule has 190 valence electrons. The van der Waals surface area contributed by atoms with E-state index in [1.54, 1.807) is 13.0 Å². The zero-order valence-corrected chi connectivity index (χ0v) is 21.4. The van der Waals surface area contributed by atoms with Crippen molar-refractivity contribution in [3.8, 4) is 0 Å². The lowest BCUT2D eigenvalue weighted by atomic mass is 9.98. The van der Waals surface area contributed by atoms with Gasteiger partial charge in [-0.15, -0.1) is 0 Å². The fraction of sp³-hybridized carbons (Fsp3) is 0.440. The smallest absolute Gasteiger partial charge is 0.294 e. The van der Waals surface area contributed by atoms with Crippen molar-refractivity contribution in [3.05, 3.63) is 65.0 Å². The topological polar surface area (TPSA) is 129 Å². The van der Waals surface area contributed by atoms with Crippen molar-refractivity contribution >= 4 is 21.5 Å². The van der Waals surface area contributed by atoms with E-state index >= 15 is 0 Å². The van der Waals surface area contributed by atoms with Crippen LogP contribution in [0, 0.1) is 12.8 Å². The molecule has 0 radical (unpaired) electrons. The Kier molecular flexibility index (Phi) is 8.87. The van der Waals surface area contributed by atoms with Crippen molar-refractivity contribution in [2.24, 2.45) is 5.92 Å². The third-order valence-electron chi connectivity index (χ3n) is 5.83. The fourth-order valence-corrected chi connectivity index (χ4v) is 4.24. The average Bonchev–Trinajstić information content (AvgIpc) is 3.23. The van der Waals surface area contributed by atoms with Crippen molar-refractivity contribution in [2.45, 2.75) is 58.1 Å². The first-order chi connectivity index (χ1) is 16.6. The average molecular weight is 503 g/mol. The minimum atomic E-state index is -4.30. The summed E-state index contributed by atoms with van der Waals surface area (Å²) in [7, 11) is -4.30. The molecule has 3 N–H and O–H groups in total.